The third-order valence-electron chi connectivity index (χ3n) is 7.50. The third-order valence-corrected chi connectivity index (χ3v) is 7.50. The molecule has 0 aliphatic carbocycles. The van der Waals surface area contributed by atoms with Gasteiger partial charge < -0.3 is 19.7 Å². The summed E-state index contributed by atoms with van der Waals surface area (Å²) in [4.78, 5) is 54.9. The van der Waals surface area contributed by atoms with Crippen molar-refractivity contribution in [3.63, 3.8) is 0 Å². The van der Waals surface area contributed by atoms with Crippen molar-refractivity contribution in [2.45, 2.75) is 90.9 Å². The van der Waals surface area contributed by atoms with Gasteiger partial charge in [0.25, 0.3) is 5.91 Å². The van der Waals surface area contributed by atoms with Crippen LogP contribution in [0.1, 0.15) is 100 Å². The zero-order valence-corrected chi connectivity index (χ0v) is 25.8. The lowest BCUT2D eigenvalue weighted by molar-refractivity contribution is -0.129. The van der Waals surface area contributed by atoms with Gasteiger partial charge in [-0.3, -0.25) is 14.5 Å². The number of likely N-dealkylation sites (tertiary alicyclic amines) is 1. The van der Waals surface area contributed by atoms with Crippen molar-refractivity contribution in [3.05, 3.63) is 64.7 Å². The lowest BCUT2D eigenvalue weighted by Gasteiger charge is -2.39. The predicted octanol–water partition coefficient (Wildman–Crippen LogP) is 5.84. The Hall–Kier alpha value is -3.88. The number of carbonyl (C=O) groups is 4. The third kappa shape index (κ3) is 7.49. The molecule has 2 aromatic rings. The van der Waals surface area contributed by atoms with Gasteiger partial charge in [-0.2, -0.15) is 0 Å². The molecule has 4 rings (SSSR count). The molecule has 0 aromatic heterocycles. The molecule has 1 N–H and O–H groups in total. The molecule has 0 bridgehead atoms. The van der Waals surface area contributed by atoms with Gasteiger partial charge in [0.05, 0.1) is 5.56 Å². The van der Waals surface area contributed by atoms with E-state index < -0.39 is 29.3 Å². The molecule has 2 aliphatic heterocycles. The number of anilines is 1. The minimum Gasteiger partial charge on any atom is -0.456 e. The zero-order valence-electron chi connectivity index (χ0n) is 25.8. The summed E-state index contributed by atoms with van der Waals surface area (Å²) >= 11 is 0. The fourth-order valence-corrected chi connectivity index (χ4v) is 5.62. The van der Waals surface area contributed by atoms with E-state index in [2.05, 4.69) is 11.4 Å². The Morgan fingerprint density at radius 2 is 1.40 bits per heavy atom. The van der Waals surface area contributed by atoms with Gasteiger partial charge >= 0.3 is 12.1 Å². The van der Waals surface area contributed by atoms with E-state index in [1.54, 1.807) is 72.7 Å². The van der Waals surface area contributed by atoms with Crippen molar-refractivity contribution < 1.29 is 28.7 Å². The summed E-state index contributed by atoms with van der Waals surface area (Å²) in [5.74, 6) is -0.449. The monoisotopic (exact) mass is 577 g/mol. The van der Waals surface area contributed by atoms with Gasteiger partial charge in [0, 0.05) is 32.2 Å². The molecule has 3 amide bonds. The minimum atomic E-state index is -0.897. The molecule has 2 aromatic carbocycles. The summed E-state index contributed by atoms with van der Waals surface area (Å²) in [7, 11) is 0. The van der Waals surface area contributed by atoms with Crippen LogP contribution >= 0.6 is 0 Å². The highest BCUT2D eigenvalue weighted by Gasteiger charge is 2.40. The average molecular weight is 578 g/mol. The Bertz CT molecular complexity index is 1330. The Labute approximate surface area is 248 Å². The Morgan fingerprint density at radius 1 is 0.810 bits per heavy atom. The number of ether oxygens (including phenoxy) is 2. The highest BCUT2D eigenvalue weighted by atomic mass is 16.6. The Morgan fingerprint density at radius 3 is 1.98 bits per heavy atom. The van der Waals surface area contributed by atoms with Crippen molar-refractivity contribution in [2.24, 2.45) is 0 Å². The first-order valence-electron chi connectivity index (χ1n) is 14.6. The standard InChI is InChI=1S/C33H43N3O6/c1-21(37)35-18-15-22(16-19-35)25-9-8-10-27-26(25)17-20-36(31(40)42-33(5,6)7)28(27)29(38)34-24-13-11-23(12-14-24)30(39)41-32(2,3)4/h8-14,22,28H,15-20H2,1-7H3,(H,34,38)/t28-/m0/s1. The molecule has 0 radical (unpaired) electrons. The molecule has 9 heteroatoms. The van der Waals surface area contributed by atoms with Gasteiger partial charge in [0.1, 0.15) is 17.2 Å². The van der Waals surface area contributed by atoms with Crippen molar-refractivity contribution in [1.29, 1.82) is 0 Å². The van der Waals surface area contributed by atoms with E-state index in [9.17, 15) is 19.2 Å². The van der Waals surface area contributed by atoms with Crippen molar-refractivity contribution in [1.82, 2.24) is 9.80 Å². The average Bonchev–Trinajstić information content (AvgIpc) is 2.90. The van der Waals surface area contributed by atoms with E-state index in [1.165, 1.54) is 10.5 Å². The van der Waals surface area contributed by atoms with Crippen LogP contribution in [0.25, 0.3) is 0 Å². The number of amides is 3. The normalized spacial score (nSPS) is 17.7. The smallest absolute Gasteiger partial charge is 0.411 e. The Kier molecular flexibility index (Phi) is 8.99. The van der Waals surface area contributed by atoms with Gasteiger partial charge in [0.2, 0.25) is 5.91 Å². The summed E-state index contributed by atoms with van der Waals surface area (Å²) in [6.07, 6.45) is 1.76. The van der Waals surface area contributed by atoms with Crippen molar-refractivity contribution in [2.75, 3.05) is 25.0 Å². The zero-order chi connectivity index (χ0) is 30.8. The van der Waals surface area contributed by atoms with Gasteiger partial charge in [0.15, 0.2) is 0 Å². The topological polar surface area (TPSA) is 105 Å². The first-order valence-corrected chi connectivity index (χ1v) is 14.6. The van der Waals surface area contributed by atoms with Gasteiger partial charge in [-0.15, -0.1) is 0 Å². The maximum Gasteiger partial charge on any atom is 0.411 e. The van der Waals surface area contributed by atoms with Crippen LogP contribution in [-0.2, 0) is 25.5 Å². The number of hydrogen-bond donors (Lipinski definition) is 1. The number of nitrogens with one attached hydrogen (secondary N) is 1. The molecule has 0 unspecified atom stereocenters. The maximum atomic E-state index is 13.9. The van der Waals surface area contributed by atoms with Crippen LogP contribution < -0.4 is 5.32 Å². The fourth-order valence-electron chi connectivity index (χ4n) is 5.62. The Balaban J connectivity index is 1.62. The molecular formula is C33H43N3O6. The van der Waals surface area contributed by atoms with E-state index in [0.29, 0.717) is 37.3 Å². The maximum absolute atomic E-state index is 13.9. The van der Waals surface area contributed by atoms with Gasteiger partial charge in [-0.1, -0.05) is 18.2 Å². The number of piperidine rings is 1. The summed E-state index contributed by atoms with van der Waals surface area (Å²) < 4.78 is 11.1. The molecule has 226 valence electrons. The van der Waals surface area contributed by atoms with Crippen LogP contribution in [0, 0.1) is 0 Å². The second kappa shape index (κ2) is 12.2. The molecule has 9 nitrogen and oxygen atoms in total. The van der Waals surface area contributed by atoms with Crippen LogP contribution in [0.2, 0.25) is 0 Å². The van der Waals surface area contributed by atoms with Crippen LogP contribution in [-0.4, -0.2) is 64.5 Å². The molecule has 0 saturated carbocycles. The summed E-state index contributed by atoms with van der Waals surface area (Å²) in [5, 5.41) is 2.95. The van der Waals surface area contributed by atoms with E-state index >= 15 is 0 Å². The first kappa shape index (κ1) is 31.1. The van der Waals surface area contributed by atoms with Gasteiger partial charge in [-0.25, -0.2) is 9.59 Å². The number of carbonyl (C=O) groups excluding carboxylic acids is 4. The van der Waals surface area contributed by atoms with E-state index in [-0.39, 0.29) is 17.7 Å². The number of benzene rings is 2. The summed E-state index contributed by atoms with van der Waals surface area (Å²) in [6, 6.07) is 11.6. The molecular weight excluding hydrogens is 534 g/mol. The van der Waals surface area contributed by atoms with Crippen LogP contribution in [0.15, 0.2) is 42.5 Å². The highest BCUT2D eigenvalue weighted by Crippen LogP contribution is 2.39. The van der Waals surface area contributed by atoms with Crippen LogP contribution in [0.3, 0.4) is 0 Å². The molecule has 42 heavy (non-hydrogen) atoms. The fraction of sp³-hybridized carbons (Fsp3) is 0.515. The largest absolute Gasteiger partial charge is 0.456 e. The highest BCUT2D eigenvalue weighted by molar-refractivity contribution is 5.98. The SMILES string of the molecule is CC(=O)N1CCC(c2cccc3c2CCN(C(=O)OC(C)(C)C)[C@@H]3C(=O)Nc2ccc(C(=O)OC(C)(C)C)cc2)CC1. The van der Waals surface area contributed by atoms with E-state index in [1.807, 2.05) is 17.0 Å². The number of nitrogens with zero attached hydrogens (tertiary/aromatic N) is 2. The van der Waals surface area contributed by atoms with Crippen LogP contribution in [0.5, 0.6) is 0 Å². The number of fused-ring (bicyclic) bond motifs is 1. The lowest BCUT2D eigenvalue weighted by Crippen LogP contribution is -2.47. The first-order chi connectivity index (χ1) is 19.6. The molecule has 0 spiro atoms. The minimum absolute atomic E-state index is 0.0902. The molecule has 2 heterocycles. The number of hydrogen-bond acceptors (Lipinski definition) is 6. The summed E-state index contributed by atoms with van der Waals surface area (Å²) in [6.45, 7) is 14.2. The van der Waals surface area contributed by atoms with E-state index in [4.69, 9.17) is 9.47 Å². The molecule has 1 atom stereocenters. The second-order valence-corrected chi connectivity index (χ2v) is 13.1. The van der Waals surface area contributed by atoms with Crippen molar-refractivity contribution >= 4 is 29.6 Å². The van der Waals surface area contributed by atoms with E-state index in [0.717, 1.165) is 24.0 Å². The molecule has 2 aliphatic rings. The second-order valence-electron chi connectivity index (χ2n) is 13.1. The summed E-state index contributed by atoms with van der Waals surface area (Å²) in [5.41, 5.74) is 2.58. The predicted molar refractivity (Wildman–Crippen MR) is 160 cm³/mol. The van der Waals surface area contributed by atoms with Gasteiger partial charge in [-0.05, 0) is 108 Å². The quantitative estimate of drug-likeness (QED) is 0.458. The van der Waals surface area contributed by atoms with Crippen LogP contribution in [0.4, 0.5) is 10.5 Å². The lowest BCUT2D eigenvalue weighted by atomic mass is 9.80. The molecule has 1 fully saturated rings. The molecule has 1 saturated heterocycles. The number of esters is 1. The number of rotatable bonds is 4. The van der Waals surface area contributed by atoms with Crippen molar-refractivity contribution in [3.8, 4) is 0 Å².